The fourth-order valence-corrected chi connectivity index (χ4v) is 3.32. The Morgan fingerprint density at radius 1 is 1.19 bits per heavy atom. The molecule has 2 aliphatic rings. The van der Waals surface area contributed by atoms with Crippen molar-refractivity contribution in [1.29, 1.82) is 0 Å². The van der Waals surface area contributed by atoms with Crippen LogP contribution in [0.15, 0.2) is 0 Å². The van der Waals surface area contributed by atoms with Gasteiger partial charge >= 0.3 is 0 Å². The fourth-order valence-electron chi connectivity index (χ4n) is 3.32. The van der Waals surface area contributed by atoms with Crippen molar-refractivity contribution in [3.05, 3.63) is 17.0 Å². The number of amides is 2. The minimum atomic E-state index is -0.194. The second-order valence-electron chi connectivity index (χ2n) is 6.25. The highest BCUT2D eigenvalue weighted by Gasteiger charge is 2.28. The Hall–Kier alpha value is -1.98. The van der Waals surface area contributed by atoms with Crippen LogP contribution in [0.1, 0.15) is 43.1 Å². The van der Waals surface area contributed by atoms with E-state index in [1.165, 1.54) is 5.56 Å². The van der Waals surface area contributed by atoms with Gasteiger partial charge in [0.05, 0.1) is 0 Å². The van der Waals surface area contributed by atoms with E-state index in [4.69, 9.17) is 5.73 Å². The van der Waals surface area contributed by atoms with Crippen molar-refractivity contribution >= 4 is 17.8 Å². The van der Waals surface area contributed by atoms with E-state index in [9.17, 15) is 9.59 Å². The number of nitrogens with one attached hydrogen (secondary N) is 1. The first-order valence-electron chi connectivity index (χ1n) is 7.48. The maximum absolute atomic E-state index is 11.5. The third-order valence-corrected chi connectivity index (χ3v) is 4.33. The van der Waals surface area contributed by atoms with Crippen molar-refractivity contribution in [3.8, 4) is 0 Å². The van der Waals surface area contributed by atoms with Crippen LogP contribution >= 0.6 is 0 Å². The van der Waals surface area contributed by atoms with Crippen LogP contribution in [-0.2, 0) is 28.9 Å². The zero-order valence-electron chi connectivity index (χ0n) is 12.2. The van der Waals surface area contributed by atoms with Gasteiger partial charge in [-0.2, -0.15) is 0 Å². The maximum Gasteiger partial charge on any atom is 0.226 e. The van der Waals surface area contributed by atoms with Crippen molar-refractivity contribution in [2.75, 3.05) is 5.73 Å². The number of fused-ring (bicyclic) bond motifs is 1. The number of nitrogen functional groups attached to an aromatic ring is 1. The first kappa shape index (κ1) is 14.0. The molecule has 1 aromatic rings. The van der Waals surface area contributed by atoms with Gasteiger partial charge in [0.1, 0.15) is 0 Å². The predicted octanol–water partition coefficient (Wildman–Crippen LogP) is 0.779. The summed E-state index contributed by atoms with van der Waals surface area (Å²) >= 11 is 0. The van der Waals surface area contributed by atoms with Gasteiger partial charge in [-0.3, -0.25) is 14.9 Å². The highest BCUT2D eigenvalue weighted by atomic mass is 16.2. The molecule has 1 aliphatic heterocycles. The van der Waals surface area contributed by atoms with E-state index in [1.807, 2.05) is 0 Å². The van der Waals surface area contributed by atoms with Crippen molar-refractivity contribution in [2.24, 2.45) is 11.8 Å². The number of aryl methyl sites for hydroxylation is 1. The molecule has 112 valence electrons. The third-order valence-electron chi connectivity index (χ3n) is 4.33. The van der Waals surface area contributed by atoms with Gasteiger partial charge in [0.15, 0.2) is 0 Å². The van der Waals surface area contributed by atoms with E-state index in [0.29, 0.717) is 31.1 Å². The highest BCUT2D eigenvalue weighted by Crippen LogP contribution is 2.29. The summed E-state index contributed by atoms with van der Waals surface area (Å²) in [5, 5.41) is 2.34. The summed E-state index contributed by atoms with van der Waals surface area (Å²) in [5.74, 6) is 0.535. The SMILES string of the molecule is C[C@@H]1CCc2nc(N)nc(CC3CC(=O)NC(=O)C3)c2C1. The van der Waals surface area contributed by atoms with Gasteiger partial charge in [0, 0.05) is 24.2 Å². The first-order valence-corrected chi connectivity index (χ1v) is 7.48. The number of carbonyl (C=O) groups is 2. The lowest BCUT2D eigenvalue weighted by atomic mass is 9.83. The molecule has 21 heavy (non-hydrogen) atoms. The minimum Gasteiger partial charge on any atom is -0.368 e. The van der Waals surface area contributed by atoms with E-state index >= 15 is 0 Å². The molecular weight excluding hydrogens is 268 g/mol. The molecule has 6 heteroatoms. The van der Waals surface area contributed by atoms with Crippen LogP contribution in [-0.4, -0.2) is 21.8 Å². The van der Waals surface area contributed by atoms with E-state index in [1.54, 1.807) is 0 Å². The zero-order valence-corrected chi connectivity index (χ0v) is 12.2. The number of nitrogens with zero attached hydrogens (tertiary/aromatic N) is 2. The monoisotopic (exact) mass is 288 g/mol. The zero-order chi connectivity index (χ0) is 15.0. The molecule has 2 amide bonds. The average Bonchev–Trinajstić information content (AvgIpc) is 2.38. The summed E-state index contributed by atoms with van der Waals surface area (Å²) in [5.41, 5.74) is 8.96. The molecule has 1 saturated heterocycles. The molecule has 1 aromatic heterocycles. The minimum absolute atomic E-state index is 0.0156. The summed E-state index contributed by atoms with van der Waals surface area (Å²) in [4.78, 5) is 31.7. The molecule has 0 spiro atoms. The second-order valence-corrected chi connectivity index (χ2v) is 6.25. The lowest BCUT2D eigenvalue weighted by Crippen LogP contribution is -2.39. The Labute approximate surface area is 123 Å². The van der Waals surface area contributed by atoms with Crippen LogP contribution in [0.25, 0.3) is 0 Å². The smallest absolute Gasteiger partial charge is 0.226 e. The van der Waals surface area contributed by atoms with Crippen LogP contribution in [0.5, 0.6) is 0 Å². The number of hydrogen-bond donors (Lipinski definition) is 2. The topological polar surface area (TPSA) is 98.0 Å². The Balaban J connectivity index is 1.86. The van der Waals surface area contributed by atoms with Crippen LogP contribution in [0.4, 0.5) is 5.95 Å². The number of rotatable bonds is 2. The summed E-state index contributed by atoms with van der Waals surface area (Å²) < 4.78 is 0. The number of carbonyl (C=O) groups excluding carboxylic acids is 2. The molecule has 1 fully saturated rings. The van der Waals surface area contributed by atoms with E-state index in [2.05, 4.69) is 22.2 Å². The maximum atomic E-state index is 11.5. The molecule has 3 N–H and O–H groups in total. The molecule has 3 rings (SSSR count). The van der Waals surface area contributed by atoms with Gasteiger partial charge in [-0.15, -0.1) is 0 Å². The van der Waals surface area contributed by atoms with E-state index < -0.39 is 0 Å². The van der Waals surface area contributed by atoms with Crippen LogP contribution in [0.3, 0.4) is 0 Å². The molecule has 0 aromatic carbocycles. The van der Waals surface area contributed by atoms with Crippen LogP contribution in [0.2, 0.25) is 0 Å². The first-order chi connectivity index (χ1) is 10.0. The molecule has 1 atom stereocenters. The van der Waals surface area contributed by atoms with Crippen molar-refractivity contribution in [2.45, 2.75) is 45.4 Å². The van der Waals surface area contributed by atoms with Crippen LogP contribution in [0, 0.1) is 11.8 Å². The van der Waals surface area contributed by atoms with Crippen molar-refractivity contribution in [1.82, 2.24) is 15.3 Å². The average molecular weight is 288 g/mol. The highest BCUT2D eigenvalue weighted by molar-refractivity contribution is 5.97. The van der Waals surface area contributed by atoms with E-state index in [0.717, 1.165) is 30.7 Å². The Morgan fingerprint density at radius 3 is 2.62 bits per heavy atom. The second kappa shape index (κ2) is 5.42. The van der Waals surface area contributed by atoms with Crippen molar-refractivity contribution in [3.63, 3.8) is 0 Å². The van der Waals surface area contributed by atoms with Gasteiger partial charge in [0.2, 0.25) is 17.8 Å². The van der Waals surface area contributed by atoms with Gasteiger partial charge in [-0.25, -0.2) is 9.97 Å². The lowest BCUT2D eigenvalue weighted by Gasteiger charge is -2.25. The normalized spacial score (nSPS) is 22.8. The number of imide groups is 1. The number of hydrogen-bond acceptors (Lipinski definition) is 5. The molecule has 0 unspecified atom stereocenters. The molecule has 1 aliphatic carbocycles. The molecule has 6 nitrogen and oxygen atoms in total. The molecular formula is C15H20N4O2. The Kier molecular flexibility index (Phi) is 3.61. The van der Waals surface area contributed by atoms with E-state index in [-0.39, 0.29) is 17.7 Å². The van der Waals surface area contributed by atoms with Gasteiger partial charge in [0.25, 0.3) is 0 Å². The number of nitrogens with two attached hydrogens (primary N) is 1. The molecule has 0 radical (unpaired) electrons. The van der Waals surface area contributed by atoms with Gasteiger partial charge < -0.3 is 5.73 Å². The molecule has 0 saturated carbocycles. The molecule has 2 heterocycles. The summed E-state index contributed by atoms with van der Waals surface area (Å²) in [7, 11) is 0. The molecule has 0 bridgehead atoms. The summed E-state index contributed by atoms with van der Waals surface area (Å²) in [6.07, 6.45) is 4.38. The number of anilines is 1. The Bertz CT molecular complexity index is 584. The van der Waals surface area contributed by atoms with Crippen LogP contribution < -0.4 is 11.1 Å². The third kappa shape index (κ3) is 3.04. The fraction of sp³-hybridized carbons (Fsp3) is 0.600. The quantitative estimate of drug-likeness (QED) is 0.784. The number of piperidine rings is 1. The standard InChI is InChI=1S/C15H20N4O2/c1-8-2-3-11-10(4-8)12(18-15(16)17-11)5-9-6-13(20)19-14(21)7-9/h8-9H,2-7H2,1H3,(H2,16,17,18)(H,19,20,21)/t8-/m1/s1. The lowest BCUT2D eigenvalue weighted by molar-refractivity contribution is -0.134. The summed E-state index contributed by atoms with van der Waals surface area (Å²) in [6, 6.07) is 0. The van der Waals surface area contributed by atoms with Crippen molar-refractivity contribution < 1.29 is 9.59 Å². The van der Waals surface area contributed by atoms with Gasteiger partial charge in [-0.05, 0) is 43.1 Å². The van der Waals surface area contributed by atoms with Gasteiger partial charge in [-0.1, -0.05) is 6.92 Å². The largest absolute Gasteiger partial charge is 0.368 e. The summed E-state index contributed by atoms with van der Waals surface area (Å²) in [6.45, 7) is 2.22. The number of aromatic nitrogens is 2. The predicted molar refractivity (Wildman–Crippen MR) is 77.2 cm³/mol. The Morgan fingerprint density at radius 2 is 1.90 bits per heavy atom.